The Morgan fingerprint density at radius 3 is 2.75 bits per heavy atom. The number of rotatable bonds is 2. The van der Waals surface area contributed by atoms with Crippen molar-refractivity contribution in [1.82, 2.24) is 14.8 Å². The van der Waals surface area contributed by atoms with E-state index < -0.39 is 0 Å². The monoisotopic (exact) mass is 286 g/mol. The molecule has 5 rings (SSSR count). The van der Waals surface area contributed by atoms with Crippen LogP contribution in [0.15, 0.2) is 29.6 Å². The molecule has 2 bridgehead atoms. The minimum Gasteiger partial charge on any atom is -0.399 e. The molecule has 2 aromatic rings. The summed E-state index contributed by atoms with van der Waals surface area (Å²) >= 11 is 1.78. The zero-order valence-corrected chi connectivity index (χ0v) is 12.1. The minimum atomic E-state index is 0.484. The zero-order chi connectivity index (χ0) is 13.5. The van der Waals surface area contributed by atoms with Crippen molar-refractivity contribution in [3.63, 3.8) is 0 Å². The number of anilines is 1. The normalized spacial score (nSPS) is 28.7. The van der Waals surface area contributed by atoms with Crippen LogP contribution in [-0.4, -0.2) is 47.5 Å². The third kappa shape index (κ3) is 2.12. The van der Waals surface area contributed by atoms with Crippen LogP contribution in [-0.2, 0) is 0 Å². The molecule has 20 heavy (non-hydrogen) atoms. The molecule has 1 unspecified atom stereocenters. The molecular weight excluding hydrogens is 268 g/mol. The average molecular weight is 286 g/mol. The van der Waals surface area contributed by atoms with Crippen LogP contribution in [0.1, 0.15) is 11.0 Å². The molecule has 5 heteroatoms. The predicted molar refractivity (Wildman–Crippen MR) is 82.7 cm³/mol. The fourth-order valence-corrected chi connectivity index (χ4v) is 4.08. The molecule has 0 saturated carbocycles. The molecule has 1 aromatic heterocycles. The molecule has 104 valence electrons. The lowest BCUT2D eigenvalue weighted by Crippen LogP contribution is -2.56. The maximum Gasteiger partial charge on any atom is 0.112 e. The lowest BCUT2D eigenvalue weighted by molar-refractivity contribution is 0.0123. The van der Waals surface area contributed by atoms with Crippen molar-refractivity contribution in [3.05, 3.63) is 34.7 Å². The van der Waals surface area contributed by atoms with Crippen molar-refractivity contribution in [2.75, 3.05) is 38.5 Å². The number of thiazole rings is 1. The third-order valence-corrected chi connectivity index (χ3v) is 5.21. The molecule has 3 fully saturated rings. The lowest BCUT2D eigenvalue weighted by atomic mass is 10.1. The van der Waals surface area contributed by atoms with E-state index in [0.717, 1.165) is 23.5 Å². The number of hydrogen-bond donors (Lipinski definition) is 1. The van der Waals surface area contributed by atoms with Crippen LogP contribution in [0, 0.1) is 0 Å². The van der Waals surface area contributed by atoms with Crippen molar-refractivity contribution in [2.24, 2.45) is 0 Å². The van der Waals surface area contributed by atoms with Gasteiger partial charge < -0.3 is 5.73 Å². The van der Waals surface area contributed by atoms with Gasteiger partial charge in [-0.25, -0.2) is 4.98 Å². The first-order valence-corrected chi connectivity index (χ1v) is 7.95. The van der Waals surface area contributed by atoms with Crippen LogP contribution in [0.25, 0.3) is 11.3 Å². The lowest BCUT2D eigenvalue weighted by Gasteiger charge is -2.46. The summed E-state index contributed by atoms with van der Waals surface area (Å²) in [5.41, 5.74) is 8.82. The molecule has 4 nitrogen and oxygen atoms in total. The summed E-state index contributed by atoms with van der Waals surface area (Å²) in [6, 6.07) is 8.45. The highest BCUT2D eigenvalue weighted by atomic mass is 32.1. The average Bonchev–Trinajstić information content (AvgIpc) is 2.98. The largest absolute Gasteiger partial charge is 0.399 e. The van der Waals surface area contributed by atoms with Gasteiger partial charge in [-0.2, -0.15) is 0 Å². The number of nitrogens with zero attached hydrogens (tertiary/aromatic N) is 3. The molecule has 0 amide bonds. The second-order valence-electron chi connectivity index (χ2n) is 5.55. The van der Waals surface area contributed by atoms with E-state index in [1.165, 1.54) is 31.2 Å². The maximum absolute atomic E-state index is 5.86. The number of aromatic nitrogens is 1. The van der Waals surface area contributed by atoms with E-state index in [-0.39, 0.29) is 0 Å². The second-order valence-corrected chi connectivity index (χ2v) is 6.44. The number of nitrogen functional groups attached to an aromatic ring is 1. The Kier molecular flexibility index (Phi) is 2.98. The Hall–Kier alpha value is -1.43. The highest BCUT2D eigenvalue weighted by molar-refractivity contribution is 7.10. The summed E-state index contributed by atoms with van der Waals surface area (Å²) in [6.07, 6.45) is 0. The molecule has 2 N–H and O–H groups in total. The smallest absolute Gasteiger partial charge is 0.112 e. The summed E-state index contributed by atoms with van der Waals surface area (Å²) < 4.78 is 0. The molecule has 0 aliphatic carbocycles. The Labute approximate surface area is 122 Å². The summed E-state index contributed by atoms with van der Waals surface area (Å²) in [5, 5.41) is 3.40. The number of piperazine rings is 3. The molecular formula is C15H18N4S. The van der Waals surface area contributed by atoms with Gasteiger partial charge in [0.05, 0.1) is 11.7 Å². The van der Waals surface area contributed by atoms with Crippen molar-refractivity contribution in [2.45, 2.75) is 6.04 Å². The summed E-state index contributed by atoms with van der Waals surface area (Å²) in [7, 11) is 0. The van der Waals surface area contributed by atoms with Crippen molar-refractivity contribution in [1.29, 1.82) is 0 Å². The van der Waals surface area contributed by atoms with Gasteiger partial charge >= 0.3 is 0 Å². The third-order valence-electron chi connectivity index (χ3n) is 4.27. The van der Waals surface area contributed by atoms with Crippen LogP contribution < -0.4 is 5.73 Å². The molecule has 0 radical (unpaired) electrons. The molecule has 3 aliphatic heterocycles. The molecule has 1 atom stereocenters. The van der Waals surface area contributed by atoms with Gasteiger partial charge in [0.2, 0.25) is 0 Å². The predicted octanol–water partition coefficient (Wildman–Crippen LogP) is 2.06. The Morgan fingerprint density at radius 1 is 1.20 bits per heavy atom. The van der Waals surface area contributed by atoms with Crippen LogP contribution in [0.3, 0.4) is 0 Å². The van der Waals surface area contributed by atoms with E-state index in [0.29, 0.717) is 6.04 Å². The maximum atomic E-state index is 5.86. The first-order chi connectivity index (χ1) is 9.79. The summed E-state index contributed by atoms with van der Waals surface area (Å²) in [6.45, 7) is 5.91. The first-order valence-electron chi connectivity index (χ1n) is 7.07. The summed E-state index contributed by atoms with van der Waals surface area (Å²) in [5.74, 6) is 0. The Bertz CT molecular complexity index is 616. The quantitative estimate of drug-likeness (QED) is 0.859. The van der Waals surface area contributed by atoms with E-state index in [9.17, 15) is 0 Å². The fourth-order valence-electron chi connectivity index (χ4n) is 3.12. The van der Waals surface area contributed by atoms with E-state index in [1.54, 1.807) is 11.3 Å². The SMILES string of the molecule is Nc1cccc(-c2csc(C3CN4CCN3CC4)n2)c1. The number of fused-ring (bicyclic) bond motifs is 3. The number of hydrogen-bond acceptors (Lipinski definition) is 5. The van der Waals surface area contributed by atoms with Crippen LogP contribution in [0.4, 0.5) is 5.69 Å². The van der Waals surface area contributed by atoms with Crippen molar-refractivity contribution >= 4 is 17.0 Å². The van der Waals surface area contributed by atoms with Gasteiger partial charge in [-0.05, 0) is 12.1 Å². The van der Waals surface area contributed by atoms with Gasteiger partial charge in [0.1, 0.15) is 5.01 Å². The summed E-state index contributed by atoms with van der Waals surface area (Å²) in [4.78, 5) is 9.98. The molecule has 3 aliphatic rings. The first kappa shape index (κ1) is 12.3. The van der Waals surface area contributed by atoms with Crippen molar-refractivity contribution < 1.29 is 0 Å². The van der Waals surface area contributed by atoms with Crippen molar-refractivity contribution in [3.8, 4) is 11.3 Å². The fraction of sp³-hybridized carbons (Fsp3) is 0.400. The van der Waals surface area contributed by atoms with Gasteiger partial charge in [0.25, 0.3) is 0 Å². The topological polar surface area (TPSA) is 45.4 Å². The van der Waals surface area contributed by atoms with Crippen LogP contribution in [0.2, 0.25) is 0 Å². The van der Waals surface area contributed by atoms with Gasteiger partial charge in [-0.3, -0.25) is 9.80 Å². The molecule has 3 saturated heterocycles. The van der Waals surface area contributed by atoms with Gasteiger partial charge in [0.15, 0.2) is 0 Å². The van der Waals surface area contributed by atoms with Gasteiger partial charge in [0, 0.05) is 49.4 Å². The molecule has 0 spiro atoms. The second kappa shape index (κ2) is 4.84. The number of nitrogens with two attached hydrogens (primary N) is 1. The van der Waals surface area contributed by atoms with E-state index in [1.807, 2.05) is 18.2 Å². The van der Waals surface area contributed by atoms with Crippen LogP contribution in [0.5, 0.6) is 0 Å². The highest BCUT2D eigenvalue weighted by Crippen LogP contribution is 2.33. The molecule has 1 aromatic carbocycles. The van der Waals surface area contributed by atoms with E-state index in [2.05, 4.69) is 21.2 Å². The standard InChI is InChI=1S/C15H18N4S/c16-12-3-1-2-11(8-12)13-10-20-15(17-13)14-9-18-4-6-19(14)7-5-18/h1-3,8,10,14H,4-7,9,16H2. The Morgan fingerprint density at radius 2 is 2.05 bits per heavy atom. The zero-order valence-electron chi connectivity index (χ0n) is 11.3. The van der Waals surface area contributed by atoms with Gasteiger partial charge in [-0.15, -0.1) is 11.3 Å². The highest BCUT2D eigenvalue weighted by Gasteiger charge is 2.34. The van der Waals surface area contributed by atoms with Gasteiger partial charge in [-0.1, -0.05) is 12.1 Å². The minimum absolute atomic E-state index is 0.484. The van der Waals surface area contributed by atoms with E-state index in [4.69, 9.17) is 10.7 Å². The van der Waals surface area contributed by atoms with E-state index >= 15 is 0 Å². The number of benzene rings is 1. The Balaban J connectivity index is 1.62. The van der Waals surface area contributed by atoms with Crippen LogP contribution >= 0.6 is 11.3 Å². The molecule has 4 heterocycles.